The first kappa shape index (κ1) is 17.1. The Balaban J connectivity index is -0.000000245. The molecule has 0 aliphatic carbocycles. The van der Waals surface area contributed by atoms with Crippen molar-refractivity contribution in [1.29, 1.82) is 0 Å². The van der Waals surface area contributed by atoms with E-state index in [2.05, 4.69) is 13.0 Å². The van der Waals surface area contributed by atoms with Crippen molar-refractivity contribution < 1.29 is 58.6 Å². The zero-order chi connectivity index (χ0) is 6.41. The van der Waals surface area contributed by atoms with Crippen molar-refractivity contribution in [2.45, 2.75) is 6.42 Å². The van der Waals surface area contributed by atoms with Gasteiger partial charge in [0.2, 0.25) is 0 Å². The molecule has 0 bridgehead atoms. The molecule has 0 unspecified atom stereocenters. The summed E-state index contributed by atoms with van der Waals surface area (Å²) in [6.45, 7) is 8.27. The molecule has 0 N–H and O–H groups in total. The van der Waals surface area contributed by atoms with Crippen molar-refractivity contribution in [3.05, 3.63) is 31.7 Å². The molecule has 0 aromatic rings. The van der Waals surface area contributed by atoms with Crippen molar-refractivity contribution in [3.63, 3.8) is 0 Å². The summed E-state index contributed by atoms with van der Waals surface area (Å²) in [6.07, 6.45) is 5.24. The Hall–Kier alpha value is 0.942. The molecule has 0 aliphatic rings. The number of allylic oxidation sites excluding steroid dienone is 3. The average Bonchev–Trinajstić information content (AvgIpc) is 1.83. The van der Waals surface area contributed by atoms with Crippen LogP contribution in [0.15, 0.2) is 12.2 Å². The van der Waals surface area contributed by atoms with Crippen LogP contribution in [0.5, 0.6) is 0 Å². The first-order chi connectivity index (χ1) is 3.81. The number of ketones is 1. The van der Waals surface area contributed by atoms with E-state index in [1.165, 1.54) is 12.2 Å². The maximum absolute atomic E-state index is 10.3. The fourth-order valence-corrected chi connectivity index (χ4v) is 0.213. The van der Waals surface area contributed by atoms with Gasteiger partial charge in [0.15, 0.2) is 0 Å². The van der Waals surface area contributed by atoms with Crippen molar-refractivity contribution in [2.24, 2.45) is 0 Å². The van der Waals surface area contributed by atoms with E-state index in [-0.39, 0.29) is 66.0 Å². The van der Waals surface area contributed by atoms with Crippen molar-refractivity contribution in [3.8, 4) is 0 Å². The third kappa shape index (κ3) is 11.7. The van der Waals surface area contributed by atoms with Gasteiger partial charge in [-0.1, -0.05) is 0 Å². The summed E-state index contributed by atoms with van der Waals surface area (Å²) in [6, 6.07) is 0. The number of rotatable bonds is 3. The van der Waals surface area contributed by atoms with E-state index in [1.807, 2.05) is 0 Å². The fraction of sp³-hybridized carbons (Fsp3) is 0.143. The molecule has 0 aliphatic heterocycles. The standard InChI is InChI=1S/C7H7O.W.Y/c1-3-5-6-7(8)4-2;;/h1,3,5H,2,4H2;;/q-3;;. The first-order valence-electron chi connectivity index (χ1n) is 2.26. The van der Waals surface area contributed by atoms with E-state index in [1.54, 1.807) is 0 Å². The minimum Gasteiger partial charge on any atom is -0.394 e. The van der Waals surface area contributed by atoms with Crippen LogP contribution in [0.1, 0.15) is 6.42 Å². The van der Waals surface area contributed by atoms with Gasteiger partial charge >= 0.3 is 0 Å². The molecular formula is C7H7OWY-3. The molecule has 0 spiro atoms. The van der Waals surface area contributed by atoms with Crippen LogP contribution in [-0.2, 0) is 58.6 Å². The smallest absolute Gasteiger partial charge is 0.0192 e. The van der Waals surface area contributed by atoms with Crippen LogP contribution in [-0.4, -0.2) is 5.78 Å². The Morgan fingerprint density at radius 3 is 2.50 bits per heavy atom. The van der Waals surface area contributed by atoms with Gasteiger partial charge in [-0.05, 0) is 0 Å². The molecule has 0 amide bonds. The largest absolute Gasteiger partial charge is 0.394 e. The van der Waals surface area contributed by atoms with Gasteiger partial charge in [0.05, 0.1) is 0 Å². The fourth-order valence-electron chi connectivity index (χ4n) is 0.213. The molecule has 53 valence electrons. The summed E-state index contributed by atoms with van der Waals surface area (Å²) in [5.74, 6) is -0.133. The number of hydrogen-bond acceptors (Lipinski definition) is 1. The van der Waals surface area contributed by atoms with Crippen LogP contribution < -0.4 is 0 Å². The molecule has 0 fully saturated rings. The van der Waals surface area contributed by atoms with Crippen LogP contribution in [0, 0.1) is 19.6 Å². The molecule has 0 saturated carbocycles. The second-order valence-electron chi connectivity index (χ2n) is 1.18. The second-order valence-corrected chi connectivity index (χ2v) is 1.18. The van der Waals surface area contributed by atoms with Gasteiger partial charge in [-0.25, -0.2) is 0 Å². The average molecular weight is 380 g/mol. The molecule has 0 aromatic carbocycles. The third-order valence-corrected chi connectivity index (χ3v) is 0.568. The van der Waals surface area contributed by atoms with Gasteiger partial charge in [0.25, 0.3) is 0 Å². The number of carbonyl (C=O) groups is 1. The van der Waals surface area contributed by atoms with E-state index >= 15 is 0 Å². The van der Waals surface area contributed by atoms with Crippen LogP contribution in [0.3, 0.4) is 0 Å². The van der Waals surface area contributed by atoms with Gasteiger partial charge in [-0.2, -0.15) is 0 Å². The monoisotopic (exact) mass is 380 g/mol. The zero-order valence-electron chi connectivity index (χ0n) is 5.54. The normalized spacial score (nSPS) is 7.70. The third-order valence-electron chi connectivity index (χ3n) is 0.568. The van der Waals surface area contributed by atoms with E-state index in [4.69, 9.17) is 6.58 Å². The zero-order valence-corrected chi connectivity index (χ0v) is 11.3. The van der Waals surface area contributed by atoms with E-state index in [0.717, 1.165) is 0 Å². The van der Waals surface area contributed by atoms with Crippen molar-refractivity contribution in [2.75, 3.05) is 0 Å². The molecule has 10 heavy (non-hydrogen) atoms. The van der Waals surface area contributed by atoms with Gasteiger partial charge < -0.3 is 36.5 Å². The molecule has 0 aromatic heterocycles. The summed E-state index contributed by atoms with van der Waals surface area (Å²) >= 11 is 0. The van der Waals surface area contributed by atoms with Crippen molar-refractivity contribution >= 4 is 5.78 Å². The predicted molar refractivity (Wildman–Crippen MR) is 31.7 cm³/mol. The number of carbonyl (C=O) groups excluding carboxylic acids is 1. The minimum absolute atomic E-state index is 0. The Labute approximate surface area is 101 Å². The van der Waals surface area contributed by atoms with Crippen LogP contribution in [0.25, 0.3) is 0 Å². The predicted octanol–water partition coefficient (Wildman–Crippen LogP) is 1.12. The van der Waals surface area contributed by atoms with Crippen molar-refractivity contribution in [1.82, 2.24) is 0 Å². The minimum atomic E-state index is -0.133. The quantitative estimate of drug-likeness (QED) is 0.408. The van der Waals surface area contributed by atoms with Crippen LogP contribution >= 0.6 is 0 Å². The Bertz CT molecular complexity index is 121. The summed E-state index contributed by atoms with van der Waals surface area (Å²) < 4.78 is 0. The van der Waals surface area contributed by atoms with E-state index in [0.29, 0.717) is 0 Å². The molecule has 3 heteroatoms. The topological polar surface area (TPSA) is 17.1 Å². The molecule has 1 nitrogen and oxygen atoms in total. The second kappa shape index (κ2) is 12.6. The van der Waals surface area contributed by atoms with Gasteiger partial charge in [0.1, 0.15) is 0 Å². The number of Topliss-reactive ketones (excluding diaryl/α,β-unsaturated/α-hetero) is 1. The number of hydrogen-bond donors (Lipinski definition) is 0. The maximum Gasteiger partial charge on any atom is 0.0192 e. The summed E-state index contributed by atoms with van der Waals surface area (Å²) in [7, 11) is 0. The van der Waals surface area contributed by atoms with Crippen LogP contribution in [0.4, 0.5) is 0 Å². The first-order valence-corrected chi connectivity index (χ1v) is 2.26. The van der Waals surface area contributed by atoms with Gasteiger partial charge in [-0.3, -0.25) is 0 Å². The molecule has 0 saturated heterocycles. The van der Waals surface area contributed by atoms with Gasteiger partial charge in [-0.15, -0.1) is 6.42 Å². The molecule has 0 rings (SSSR count). The Morgan fingerprint density at radius 2 is 2.20 bits per heavy atom. The summed E-state index contributed by atoms with van der Waals surface area (Å²) in [4.78, 5) is 10.3. The van der Waals surface area contributed by atoms with E-state index in [9.17, 15) is 4.79 Å². The van der Waals surface area contributed by atoms with Gasteiger partial charge in [0, 0.05) is 59.6 Å². The SMILES string of the molecule is [CH-]=CC=[C-]C(=O)C[CH2-].[W].[Y]. The molecule has 1 radical (unpaired) electrons. The Kier molecular flexibility index (Phi) is 21.6. The Morgan fingerprint density at radius 1 is 1.70 bits per heavy atom. The maximum atomic E-state index is 10.3. The molecular weight excluding hydrogens is 373 g/mol. The summed E-state index contributed by atoms with van der Waals surface area (Å²) in [5, 5.41) is 0. The summed E-state index contributed by atoms with van der Waals surface area (Å²) in [5.41, 5.74) is 0. The molecule has 0 atom stereocenters. The molecule has 0 heterocycles. The van der Waals surface area contributed by atoms with Crippen LogP contribution in [0.2, 0.25) is 0 Å². The van der Waals surface area contributed by atoms with E-state index < -0.39 is 0 Å².